The van der Waals surface area contributed by atoms with Gasteiger partial charge in [-0.2, -0.15) is 0 Å². The van der Waals surface area contributed by atoms with Crippen molar-refractivity contribution in [2.24, 2.45) is 0 Å². The van der Waals surface area contributed by atoms with E-state index in [1.54, 1.807) is 0 Å². The lowest BCUT2D eigenvalue weighted by atomic mass is 9.79. The van der Waals surface area contributed by atoms with Gasteiger partial charge in [-0.15, -0.1) is 0 Å². The van der Waals surface area contributed by atoms with E-state index in [0.29, 0.717) is 0 Å². The molecule has 4 aromatic heterocycles. The van der Waals surface area contributed by atoms with Crippen molar-refractivity contribution in [3.05, 3.63) is 290 Å². The third-order valence-electron chi connectivity index (χ3n) is 18.6. The fourth-order valence-electron chi connectivity index (χ4n) is 15.5. The Labute approximate surface area is 472 Å². The van der Waals surface area contributed by atoms with Crippen molar-refractivity contribution in [3.63, 3.8) is 0 Å². The van der Waals surface area contributed by atoms with Crippen LogP contribution in [0.25, 0.3) is 143 Å². The van der Waals surface area contributed by atoms with Gasteiger partial charge in [0, 0.05) is 77.1 Å². The minimum Gasteiger partial charge on any atom is -0.332 e. The number of para-hydroxylation sites is 3. The highest BCUT2D eigenvalue weighted by Crippen LogP contribution is 2.66. The molecule has 16 aromatic rings. The van der Waals surface area contributed by atoms with Crippen LogP contribution < -0.4 is 4.90 Å². The first-order chi connectivity index (χ1) is 40.8. The number of aromatic nitrogens is 3. The maximum Gasteiger partial charge on any atom is 0.0703 e. The topological polar surface area (TPSA) is 17.5 Å². The SMILES string of the molecule is C1=CC2c3c(c(-c4ccccc4)c4c5cccc6c7c8c(ccc7n(c4c3-c3ccccc3)c56)c3ccccc3n8-c3cccc(-c4ccccc4)c3)N3c4ccc5c6ccccc6n(-c6cccc(-c7ccccc7)c6)c5c4C(=C1)C23. The van der Waals surface area contributed by atoms with Crippen LogP contribution in [0.5, 0.6) is 0 Å². The summed E-state index contributed by atoms with van der Waals surface area (Å²) in [7, 11) is 0. The van der Waals surface area contributed by atoms with Gasteiger partial charge in [0.25, 0.3) is 0 Å². The largest absolute Gasteiger partial charge is 0.332 e. The van der Waals surface area contributed by atoms with Gasteiger partial charge in [0.1, 0.15) is 0 Å². The number of fused-ring (bicyclic) bond motifs is 20. The van der Waals surface area contributed by atoms with Gasteiger partial charge >= 0.3 is 0 Å². The van der Waals surface area contributed by atoms with Crippen molar-refractivity contribution in [2.45, 2.75) is 12.0 Å². The molecule has 0 fully saturated rings. The molecule has 6 heterocycles. The molecule has 19 rings (SSSR count). The molecule has 0 spiro atoms. The number of hydrogen-bond donors (Lipinski definition) is 0. The number of allylic oxidation sites excluding steroid dienone is 2. The smallest absolute Gasteiger partial charge is 0.0703 e. The number of benzene rings is 12. The van der Waals surface area contributed by atoms with Crippen LogP contribution in [0.2, 0.25) is 0 Å². The second kappa shape index (κ2) is 16.5. The van der Waals surface area contributed by atoms with Gasteiger partial charge in [0.05, 0.1) is 56.0 Å². The third-order valence-corrected chi connectivity index (χ3v) is 18.6. The van der Waals surface area contributed by atoms with Crippen LogP contribution in [0.1, 0.15) is 17.0 Å². The van der Waals surface area contributed by atoms with Crippen molar-refractivity contribution in [3.8, 4) is 55.9 Å². The predicted octanol–water partition coefficient (Wildman–Crippen LogP) is 20.3. The van der Waals surface area contributed by atoms with Gasteiger partial charge in [0.15, 0.2) is 0 Å². The van der Waals surface area contributed by atoms with Gasteiger partial charge < -0.3 is 18.4 Å². The summed E-state index contributed by atoms with van der Waals surface area (Å²) in [5.41, 5.74) is 27.4. The lowest BCUT2D eigenvalue weighted by Crippen LogP contribution is -2.26. The lowest BCUT2D eigenvalue weighted by molar-refractivity contribution is 0.782. The minimum absolute atomic E-state index is 0.0359. The predicted molar refractivity (Wildman–Crippen MR) is 344 cm³/mol. The highest BCUT2D eigenvalue weighted by Gasteiger charge is 2.51. The molecule has 2 aliphatic heterocycles. The Morgan fingerprint density at radius 3 is 1.45 bits per heavy atom. The van der Waals surface area contributed by atoms with E-state index in [-0.39, 0.29) is 12.0 Å². The molecule has 1 aliphatic carbocycles. The quantitative estimate of drug-likeness (QED) is 0.162. The molecule has 0 amide bonds. The number of anilines is 2. The Hall–Kier alpha value is -10.7. The van der Waals surface area contributed by atoms with E-state index in [9.17, 15) is 0 Å². The van der Waals surface area contributed by atoms with Crippen LogP contribution in [-0.4, -0.2) is 19.6 Å². The summed E-state index contributed by atoms with van der Waals surface area (Å²) >= 11 is 0. The van der Waals surface area contributed by atoms with Crippen molar-refractivity contribution in [1.29, 1.82) is 0 Å². The summed E-state index contributed by atoms with van der Waals surface area (Å²) in [6, 6.07) is 97.2. The second-order valence-corrected chi connectivity index (χ2v) is 22.6. The number of hydrogen-bond acceptors (Lipinski definition) is 1. The first-order valence-electron chi connectivity index (χ1n) is 28.7. The summed E-state index contributed by atoms with van der Waals surface area (Å²) in [5, 5.41) is 10.1. The minimum atomic E-state index is 0.0359. The molecule has 2 atom stereocenters. The molecule has 4 nitrogen and oxygen atoms in total. The highest BCUT2D eigenvalue weighted by molar-refractivity contribution is 6.35. The summed E-state index contributed by atoms with van der Waals surface area (Å²) in [6.07, 6.45) is 7.31. The van der Waals surface area contributed by atoms with Gasteiger partial charge in [-0.25, -0.2) is 0 Å². The van der Waals surface area contributed by atoms with E-state index in [1.807, 2.05) is 0 Å². The Bertz CT molecular complexity index is 5450. The van der Waals surface area contributed by atoms with E-state index in [4.69, 9.17) is 0 Å². The van der Waals surface area contributed by atoms with Crippen LogP contribution in [0.3, 0.4) is 0 Å². The summed E-state index contributed by atoms with van der Waals surface area (Å²) in [5.74, 6) is 0.0480. The molecule has 0 saturated heterocycles. The Morgan fingerprint density at radius 1 is 0.317 bits per heavy atom. The zero-order valence-electron chi connectivity index (χ0n) is 44.5. The fourth-order valence-corrected chi connectivity index (χ4v) is 15.5. The van der Waals surface area contributed by atoms with Crippen molar-refractivity contribution in [1.82, 2.24) is 13.5 Å². The van der Waals surface area contributed by atoms with Crippen LogP contribution in [0.4, 0.5) is 11.4 Å². The van der Waals surface area contributed by atoms with Crippen molar-refractivity contribution in [2.75, 3.05) is 4.90 Å². The molecule has 12 aromatic carbocycles. The molecule has 3 aliphatic rings. The Morgan fingerprint density at radius 2 is 0.817 bits per heavy atom. The molecule has 0 N–H and O–H groups in total. The monoisotopic (exact) mass is 1040 g/mol. The molecular formula is C78H48N4. The summed E-state index contributed by atoms with van der Waals surface area (Å²) in [4.78, 5) is 2.78. The zero-order chi connectivity index (χ0) is 53.3. The highest BCUT2D eigenvalue weighted by atomic mass is 15.2. The zero-order valence-corrected chi connectivity index (χ0v) is 44.5. The Balaban J connectivity index is 0.947. The van der Waals surface area contributed by atoms with E-state index in [0.717, 1.165) is 11.4 Å². The fraction of sp³-hybridized carbons (Fsp3) is 0.0256. The normalized spacial score (nSPS) is 15.3. The van der Waals surface area contributed by atoms with Crippen LogP contribution in [0.15, 0.2) is 279 Å². The van der Waals surface area contributed by atoms with E-state index >= 15 is 0 Å². The maximum atomic E-state index is 2.78. The molecule has 380 valence electrons. The van der Waals surface area contributed by atoms with Gasteiger partial charge in [-0.3, -0.25) is 0 Å². The van der Waals surface area contributed by atoms with Crippen LogP contribution in [0, 0.1) is 0 Å². The number of nitrogens with zero attached hydrogens (tertiary/aromatic N) is 4. The van der Waals surface area contributed by atoms with E-state index < -0.39 is 0 Å². The molecule has 0 bridgehead atoms. The Kier molecular flexibility index (Phi) is 8.87. The second-order valence-electron chi connectivity index (χ2n) is 22.6. The average Bonchev–Trinajstić information content (AvgIpc) is 4.40. The molecular weight excluding hydrogens is 993 g/mol. The third kappa shape index (κ3) is 5.74. The van der Waals surface area contributed by atoms with Gasteiger partial charge in [0.2, 0.25) is 0 Å². The summed E-state index contributed by atoms with van der Waals surface area (Å²) < 4.78 is 7.77. The van der Waals surface area contributed by atoms with E-state index in [2.05, 4.69) is 298 Å². The van der Waals surface area contributed by atoms with Gasteiger partial charge in [-0.05, 0) is 93.0 Å². The average molecular weight is 1040 g/mol. The number of rotatable bonds is 6. The lowest BCUT2D eigenvalue weighted by Gasteiger charge is -2.26. The molecule has 2 unspecified atom stereocenters. The van der Waals surface area contributed by atoms with Crippen LogP contribution in [-0.2, 0) is 0 Å². The molecule has 0 saturated carbocycles. The van der Waals surface area contributed by atoms with Crippen LogP contribution >= 0.6 is 0 Å². The molecule has 82 heavy (non-hydrogen) atoms. The summed E-state index contributed by atoms with van der Waals surface area (Å²) in [6.45, 7) is 0. The van der Waals surface area contributed by atoms with Gasteiger partial charge in [-0.1, -0.05) is 231 Å². The van der Waals surface area contributed by atoms with E-state index in [1.165, 1.54) is 154 Å². The van der Waals surface area contributed by atoms with Crippen molar-refractivity contribution >= 4 is 98.7 Å². The molecule has 4 heteroatoms. The molecule has 0 radical (unpaired) electrons. The standard InChI is InChI=1S/C78H48N4/c1-5-21-47(22-6-1)51-29-17-31-53(45-51)79-63-39-15-13-33-55(63)57-41-43-65-69(75(57)79)59-35-19-37-61-71-68(50-27-11-4-12-28-50)78-72(67(49-25-9-3-10-26-49)77(71)81(65)73(59)61)62-38-20-36-60-70-66(82(78)74(60)62)44-42-58-56-34-14-16-40-64(56)80(76(58)70)54-32-18-30-52(46-54)48-23-7-2-8-24-48/h1-46,61,73H. The maximum absolute atomic E-state index is 2.78. The van der Waals surface area contributed by atoms with Crippen molar-refractivity contribution < 1.29 is 0 Å². The first-order valence-corrected chi connectivity index (χ1v) is 28.7. The first kappa shape index (κ1) is 44.2.